The van der Waals surface area contributed by atoms with Gasteiger partial charge in [0.05, 0.1) is 0 Å². The average molecular weight is 231 g/mol. The van der Waals surface area contributed by atoms with Gasteiger partial charge in [-0.1, -0.05) is 24.3 Å². The molecule has 0 fully saturated rings. The molecular weight excluding hydrogens is 214 g/mol. The van der Waals surface area contributed by atoms with Gasteiger partial charge in [-0.2, -0.15) is 0 Å². The lowest BCUT2D eigenvalue weighted by Gasteiger charge is -2.23. The van der Waals surface area contributed by atoms with Crippen LogP contribution in [0.1, 0.15) is 36.2 Å². The van der Waals surface area contributed by atoms with Crippen molar-refractivity contribution in [1.29, 1.82) is 0 Å². The van der Waals surface area contributed by atoms with Crippen LogP contribution in [0.3, 0.4) is 0 Å². The Balaban J connectivity index is 2.17. The molecule has 1 atom stereocenters. The summed E-state index contributed by atoms with van der Waals surface area (Å²) in [6.07, 6.45) is 0.996. The van der Waals surface area contributed by atoms with Gasteiger partial charge in [-0.25, -0.2) is 0 Å². The van der Waals surface area contributed by atoms with Crippen molar-refractivity contribution >= 4 is 11.7 Å². The van der Waals surface area contributed by atoms with Crippen molar-refractivity contribution in [2.75, 3.05) is 0 Å². The molecule has 0 spiro atoms. The predicted molar refractivity (Wildman–Crippen MR) is 65.9 cm³/mol. The normalized spacial score (nSPS) is 19.0. The zero-order chi connectivity index (χ0) is 12.4. The number of hydrogen-bond donors (Lipinski definition) is 1. The second-order valence-corrected chi connectivity index (χ2v) is 4.85. The number of ketones is 1. The maximum atomic E-state index is 11.9. The van der Waals surface area contributed by atoms with Gasteiger partial charge in [-0.3, -0.25) is 9.59 Å². The van der Waals surface area contributed by atoms with E-state index in [0.717, 1.165) is 11.1 Å². The molecule has 17 heavy (non-hydrogen) atoms. The van der Waals surface area contributed by atoms with Crippen molar-refractivity contribution in [3.05, 3.63) is 35.4 Å². The second-order valence-electron chi connectivity index (χ2n) is 4.85. The van der Waals surface area contributed by atoms with Crippen LogP contribution >= 0.6 is 0 Å². The van der Waals surface area contributed by atoms with Gasteiger partial charge in [-0.05, 0) is 25.8 Å². The first-order chi connectivity index (χ1) is 8.08. The Morgan fingerprint density at radius 3 is 2.71 bits per heavy atom. The number of fused-ring (bicyclic) bond motifs is 1. The summed E-state index contributed by atoms with van der Waals surface area (Å²) in [6, 6.07) is 7.67. The maximum absolute atomic E-state index is 11.9. The van der Waals surface area contributed by atoms with Gasteiger partial charge in [0.25, 0.3) is 0 Å². The van der Waals surface area contributed by atoms with E-state index in [9.17, 15) is 9.59 Å². The Hall–Kier alpha value is -1.64. The third-order valence-electron chi connectivity index (χ3n) is 3.02. The number of Topliss-reactive ketones (excluding diaryl/α,β-unsaturated/α-hetero) is 1. The SMILES string of the molecule is CC(C)NC(=O)C1CC(=O)c2ccccc2C1. The molecule has 0 saturated heterocycles. The van der Waals surface area contributed by atoms with Crippen molar-refractivity contribution in [3.63, 3.8) is 0 Å². The van der Waals surface area contributed by atoms with Crippen LogP contribution in [0.15, 0.2) is 24.3 Å². The Morgan fingerprint density at radius 2 is 2.00 bits per heavy atom. The molecule has 1 N–H and O–H groups in total. The number of rotatable bonds is 2. The molecule has 1 aliphatic rings. The molecule has 2 rings (SSSR count). The summed E-state index contributed by atoms with van der Waals surface area (Å²) >= 11 is 0. The predicted octanol–water partition coefficient (Wildman–Crippen LogP) is 1.96. The minimum absolute atomic E-state index is 0.0112. The first-order valence-electron chi connectivity index (χ1n) is 5.99. The highest BCUT2D eigenvalue weighted by Crippen LogP contribution is 2.25. The molecule has 1 unspecified atom stereocenters. The van der Waals surface area contributed by atoms with Crippen LogP contribution in [0.25, 0.3) is 0 Å². The largest absolute Gasteiger partial charge is 0.354 e. The van der Waals surface area contributed by atoms with Gasteiger partial charge in [0.2, 0.25) is 5.91 Å². The smallest absolute Gasteiger partial charge is 0.224 e. The van der Waals surface area contributed by atoms with Crippen LogP contribution in [0.4, 0.5) is 0 Å². The fourth-order valence-corrected chi connectivity index (χ4v) is 2.23. The Labute approximate surface area is 101 Å². The molecule has 0 saturated carbocycles. The molecule has 0 aromatic heterocycles. The lowest BCUT2D eigenvalue weighted by atomic mass is 9.82. The molecule has 1 aromatic carbocycles. The summed E-state index contributed by atoms with van der Waals surface area (Å²) in [6.45, 7) is 3.85. The highest BCUT2D eigenvalue weighted by atomic mass is 16.2. The number of carbonyl (C=O) groups is 2. The number of benzene rings is 1. The second kappa shape index (κ2) is 4.70. The monoisotopic (exact) mass is 231 g/mol. The number of amides is 1. The molecule has 0 heterocycles. The third kappa shape index (κ3) is 2.54. The van der Waals surface area contributed by atoms with E-state index in [4.69, 9.17) is 0 Å². The summed E-state index contributed by atoms with van der Waals surface area (Å²) in [7, 11) is 0. The van der Waals surface area contributed by atoms with Crippen LogP contribution < -0.4 is 5.32 Å². The minimum Gasteiger partial charge on any atom is -0.354 e. The van der Waals surface area contributed by atoms with E-state index in [1.807, 2.05) is 38.1 Å². The molecule has 0 bridgehead atoms. The van der Waals surface area contributed by atoms with Crippen molar-refractivity contribution in [1.82, 2.24) is 5.32 Å². The molecule has 1 aliphatic carbocycles. The summed E-state index contributed by atoms with van der Waals surface area (Å²) in [5.41, 5.74) is 1.77. The van der Waals surface area contributed by atoms with Gasteiger partial charge < -0.3 is 5.32 Å². The topological polar surface area (TPSA) is 46.2 Å². The summed E-state index contributed by atoms with van der Waals surface area (Å²) < 4.78 is 0. The molecule has 1 aromatic rings. The first-order valence-corrected chi connectivity index (χ1v) is 5.99. The van der Waals surface area contributed by atoms with Gasteiger partial charge in [0, 0.05) is 23.9 Å². The molecule has 3 heteroatoms. The van der Waals surface area contributed by atoms with Gasteiger partial charge in [0.15, 0.2) is 5.78 Å². The standard InChI is InChI=1S/C14H17NO2/c1-9(2)15-14(17)11-7-10-5-3-4-6-12(10)13(16)8-11/h3-6,9,11H,7-8H2,1-2H3,(H,15,17). The average Bonchev–Trinajstić information content (AvgIpc) is 2.28. The fraction of sp³-hybridized carbons (Fsp3) is 0.429. The van der Waals surface area contributed by atoms with Crippen molar-refractivity contribution < 1.29 is 9.59 Å². The zero-order valence-corrected chi connectivity index (χ0v) is 10.2. The van der Waals surface area contributed by atoms with Crippen LogP contribution in [0, 0.1) is 5.92 Å². The quantitative estimate of drug-likeness (QED) is 0.845. The lowest BCUT2D eigenvalue weighted by Crippen LogP contribution is -2.39. The molecule has 1 amide bonds. The van der Waals surface area contributed by atoms with E-state index in [1.54, 1.807) is 0 Å². The van der Waals surface area contributed by atoms with E-state index < -0.39 is 0 Å². The van der Waals surface area contributed by atoms with E-state index in [-0.39, 0.29) is 23.7 Å². The minimum atomic E-state index is -0.209. The highest BCUT2D eigenvalue weighted by molar-refractivity contribution is 6.01. The Kier molecular flexibility index (Phi) is 3.27. The molecule has 0 radical (unpaired) electrons. The first kappa shape index (κ1) is 11.8. The van der Waals surface area contributed by atoms with Crippen molar-refractivity contribution in [2.45, 2.75) is 32.7 Å². The van der Waals surface area contributed by atoms with E-state index in [1.165, 1.54) is 0 Å². The maximum Gasteiger partial charge on any atom is 0.224 e. The molecular formula is C14H17NO2. The Morgan fingerprint density at radius 1 is 1.29 bits per heavy atom. The molecule has 3 nitrogen and oxygen atoms in total. The fourth-order valence-electron chi connectivity index (χ4n) is 2.23. The Bertz CT molecular complexity index is 451. The van der Waals surface area contributed by atoms with Crippen LogP contribution in [0.5, 0.6) is 0 Å². The number of nitrogens with one attached hydrogen (secondary N) is 1. The third-order valence-corrected chi connectivity index (χ3v) is 3.02. The summed E-state index contributed by atoms with van der Waals surface area (Å²) in [5, 5.41) is 2.87. The van der Waals surface area contributed by atoms with Crippen molar-refractivity contribution in [2.24, 2.45) is 5.92 Å². The summed E-state index contributed by atoms with van der Waals surface area (Å²) in [5.74, 6) is -0.140. The van der Waals surface area contributed by atoms with E-state index in [0.29, 0.717) is 12.8 Å². The summed E-state index contributed by atoms with van der Waals surface area (Å²) in [4.78, 5) is 23.8. The van der Waals surface area contributed by atoms with Gasteiger partial charge >= 0.3 is 0 Å². The molecule has 0 aliphatic heterocycles. The number of hydrogen-bond acceptors (Lipinski definition) is 2. The highest BCUT2D eigenvalue weighted by Gasteiger charge is 2.29. The van der Waals surface area contributed by atoms with Crippen LogP contribution in [-0.4, -0.2) is 17.7 Å². The van der Waals surface area contributed by atoms with Gasteiger partial charge in [-0.15, -0.1) is 0 Å². The zero-order valence-electron chi connectivity index (χ0n) is 10.2. The molecule has 90 valence electrons. The van der Waals surface area contributed by atoms with Gasteiger partial charge in [0.1, 0.15) is 0 Å². The lowest BCUT2D eigenvalue weighted by molar-refractivity contribution is -0.125. The van der Waals surface area contributed by atoms with Crippen LogP contribution in [0.2, 0.25) is 0 Å². The van der Waals surface area contributed by atoms with E-state index in [2.05, 4.69) is 5.32 Å². The van der Waals surface area contributed by atoms with E-state index >= 15 is 0 Å². The van der Waals surface area contributed by atoms with Crippen molar-refractivity contribution in [3.8, 4) is 0 Å². The number of carbonyl (C=O) groups excluding carboxylic acids is 2. The van der Waals surface area contributed by atoms with Crippen LogP contribution in [-0.2, 0) is 11.2 Å².